The molecule has 266 valence electrons. The number of fused-ring (bicyclic) bond motifs is 4. The zero-order valence-electron chi connectivity index (χ0n) is 31.8. The summed E-state index contributed by atoms with van der Waals surface area (Å²) in [5.74, 6) is 0.734. The molecule has 0 N–H and O–H groups in total. The maximum absolute atomic E-state index is 5.15. The molecule has 0 radical (unpaired) electrons. The van der Waals surface area contributed by atoms with E-state index in [1.54, 1.807) is 0 Å². The first-order chi connectivity index (χ1) is 26.8. The van der Waals surface area contributed by atoms with Crippen LogP contribution in [-0.2, 0) is 10.8 Å². The van der Waals surface area contributed by atoms with Crippen LogP contribution in [-0.4, -0.2) is 9.97 Å². The SMILES string of the molecule is CC1(C)C2=C(C=CCC2)N(c2ccccc2)c2ccc(-c3ccc4c(c3)C(C)(C)c3cc(-c5cc(-c6ccccc6)nc(-c6ccccc6)n5)ccc3-4)cc21. The van der Waals surface area contributed by atoms with E-state index in [-0.39, 0.29) is 10.8 Å². The van der Waals surface area contributed by atoms with Crippen molar-refractivity contribution >= 4 is 11.4 Å². The molecule has 2 heterocycles. The van der Waals surface area contributed by atoms with Crippen molar-refractivity contribution in [2.75, 3.05) is 4.90 Å². The van der Waals surface area contributed by atoms with Crippen LogP contribution >= 0.6 is 0 Å². The Bertz CT molecular complexity index is 2630. The summed E-state index contributed by atoms with van der Waals surface area (Å²) in [6.45, 7) is 9.56. The summed E-state index contributed by atoms with van der Waals surface area (Å²) < 4.78 is 0. The highest BCUT2D eigenvalue weighted by Crippen LogP contribution is 2.53. The van der Waals surface area contributed by atoms with Crippen molar-refractivity contribution in [2.24, 2.45) is 0 Å². The smallest absolute Gasteiger partial charge is 0.160 e. The molecule has 0 bridgehead atoms. The van der Waals surface area contributed by atoms with Crippen molar-refractivity contribution in [2.45, 2.75) is 51.4 Å². The van der Waals surface area contributed by atoms with Gasteiger partial charge in [-0.3, -0.25) is 0 Å². The minimum atomic E-state index is -0.194. The van der Waals surface area contributed by atoms with Gasteiger partial charge in [0.25, 0.3) is 0 Å². The van der Waals surface area contributed by atoms with Gasteiger partial charge in [-0.1, -0.05) is 143 Å². The molecule has 10 rings (SSSR count). The van der Waals surface area contributed by atoms with Crippen molar-refractivity contribution in [3.05, 3.63) is 192 Å². The van der Waals surface area contributed by atoms with Gasteiger partial charge in [0.2, 0.25) is 0 Å². The number of benzene rings is 6. The highest BCUT2D eigenvalue weighted by Gasteiger charge is 2.39. The Hall–Kier alpha value is -6.32. The molecule has 1 aliphatic heterocycles. The Kier molecular flexibility index (Phi) is 7.64. The van der Waals surface area contributed by atoms with Crippen molar-refractivity contribution < 1.29 is 0 Å². The molecule has 0 saturated heterocycles. The lowest BCUT2D eigenvalue weighted by atomic mass is 9.70. The predicted octanol–water partition coefficient (Wildman–Crippen LogP) is 13.5. The zero-order chi connectivity index (χ0) is 37.3. The van der Waals surface area contributed by atoms with E-state index in [4.69, 9.17) is 9.97 Å². The maximum Gasteiger partial charge on any atom is 0.160 e. The Morgan fingerprint density at radius 3 is 1.71 bits per heavy atom. The minimum absolute atomic E-state index is 0.0822. The van der Waals surface area contributed by atoms with Gasteiger partial charge >= 0.3 is 0 Å². The van der Waals surface area contributed by atoms with E-state index in [1.165, 1.54) is 61.6 Å². The van der Waals surface area contributed by atoms with Gasteiger partial charge in [0, 0.05) is 38.9 Å². The van der Waals surface area contributed by atoms with E-state index in [1.807, 2.05) is 24.3 Å². The van der Waals surface area contributed by atoms with Crippen LogP contribution < -0.4 is 4.90 Å². The Balaban J connectivity index is 1.04. The number of hydrogen-bond donors (Lipinski definition) is 0. The van der Waals surface area contributed by atoms with Crippen molar-refractivity contribution in [1.82, 2.24) is 9.97 Å². The molecule has 2 aliphatic carbocycles. The van der Waals surface area contributed by atoms with Crippen LogP contribution in [0.15, 0.2) is 175 Å². The third kappa shape index (κ3) is 5.40. The first-order valence-corrected chi connectivity index (χ1v) is 19.5. The molecule has 0 fully saturated rings. The lowest BCUT2D eigenvalue weighted by Gasteiger charge is -2.44. The number of hydrogen-bond acceptors (Lipinski definition) is 3. The van der Waals surface area contributed by atoms with Gasteiger partial charge in [-0.05, 0) is 106 Å². The summed E-state index contributed by atoms with van der Waals surface area (Å²) in [6, 6.07) is 54.8. The highest BCUT2D eigenvalue weighted by molar-refractivity contribution is 5.87. The van der Waals surface area contributed by atoms with E-state index >= 15 is 0 Å². The van der Waals surface area contributed by atoms with E-state index in [9.17, 15) is 0 Å². The quantitative estimate of drug-likeness (QED) is 0.178. The molecule has 3 nitrogen and oxygen atoms in total. The topological polar surface area (TPSA) is 29.0 Å². The molecular weight excluding hydrogens is 667 g/mol. The molecule has 7 aromatic rings. The number of rotatable bonds is 5. The monoisotopic (exact) mass is 709 g/mol. The molecule has 0 unspecified atom stereocenters. The molecule has 1 aromatic heterocycles. The van der Waals surface area contributed by atoms with E-state index < -0.39 is 0 Å². The van der Waals surface area contributed by atoms with Crippen LogP contribution in [0.3, 0.4) is 0 Å². The summed E-state index contributed by atoms with van der Waals surface area (Å²) in [5, 5.41) is 0. The Labute approximate surface area is 324 Å². The normalized spacial score (nSPS) is 16.0. The van der Waals surface area contributed by atoms with Gasteiger partial charge in [0.05, 0.1) is 17.1 Å². The van der Waals surface area contributed by atoms with E-state index in [0.717, 1.165) is 46.7 Å². The van der Waals surface area contributed by atoms with E-state index in [2.05, 4.69) is 172 Å². The molecule has 0 spiro atoms. The Morgan fingerprint density at radius 2 is 1.04 bits per heavy atom. The summed E-state index contributed by atoms with van der Waals surface area (Å²) in [7, 11) is 0. The van der Waals surface area contributed by atoms with Crippen molar-refractivity contribution in [3.63, 3.8) is 0 Å². The second-order valence-corrected chi connectivity index (χ2v) is 16.2. The fourth-order valence-electron chi connectivity index (χ4n) is 9.20. The maximum atomic E-state index is 5.15. The number of allylic oxidation sites excluding steroid dienone is 3. The zero-order valence-corrected chi connectivity index (χ0v) is 31.8. The summed E-state index contributed by atoms with van der Waals surface area (Å²) >= 11 is 0. The van der Waals surface area contributed by atoms with Crippen LogP contribution in [0.25, 0.3) is 56.2 Å². The first-order valence-electron chi connectivity index (χ1n) is 19.5. The van der Waals surface area contributed by atoms with Crippen LogP contribution in [0.5, 0.6) is 0 Å². The standard InChI is InChI=1S/C52H43N3/c1-51(2)42-22-14-15-23-48(42)55(39-20-12-7-13-21-39)49-29-26-37(31-45(49)51)36-24-27-40-41-28-25-38(32-44(41)52(3,4)43(40)30-36)47-33-46(34-16-8-5-9-17-34)53-50(54-47)35-18-10-6-11-19-35/h5-13,15-21,23-33H,14,22H2,1-4H3. The van der Waals surface area contributed by atoms with Crippen molar-refractivity contribution in [1.29, 1.82) is 0 Å². The molecular formula is C52H43N3. The minimum Gasteiger partial charge on any atom is -0.310 e. The van der Waals surface area contributed by atoms with Gasteiger partial charge in [-0.15, -0.1) is 0 Å². The number of nitrogens with zero attached hydrogens (tertiary/aromatic N) is 3. The second-order valence-electron chi connectivity index (χ2n) is 16.2. The largest absolute Gasteiger partial charge is 0.310 e. The first kappa shape index (κ1) is 33.3. The summed E-state index contributed by atoms with van der Waals surface area (Å²) in [4.78, 5) is 12.6. The lowest BCUT2D eigenvalue weighted by Crippen LogP contribution is -2.34. The average Bonchev–Trinajstić information content (AvgIpc) is 3.46. The fraction of sp³-hybridized carbons (Fsp3) is 0.154. The molecule has 0 amide bonds. The van der Waals surface area contributed by atoms with Gasteiger partial charge < -0.3 is 4.90 Å². The van der Waals surface area contributed by atoms with Gasteiger partial charge in [0.15, 0.2) is 5.82 Å². The molecule has 0 saturated carbocycles. The lowest BCUT2D eigenvalue weighted by molar-refractivity contribution is 0.571. The van der Waals surface area contributed by atoms with Crippen LogP contribution in [0.4, 0.5) is 11.4 Å². The summed E-state index contributed by atoms with van der Waals surface area (Å²) in [5.41, 5.74) is 19.3. The van der Waals surface area contributed by atoms with Gasteiger partial charge in [0.1, 0.15) is 0 Å². The highest BCUT2D eigenvalue weighted by atomic mass is 15.2. The number of para-hydroxylation sites is 1. The third-order valence-electron chi connectivity index (χ3n) is 12.2. The van der Waals surface area contributed by atoms with Gasteiger partial charge in [-0.25, -0.2) is 9.97 Å². The molecule has 3 heteroatoms. The van der Waals surface area contributed by atoms with Crippen LogP contribution in [0.2, 0.25) is 0 Å². The fourth-order valence-corrected chi connectivity index (χ4v) is 9.20. The molecule has 3 aliphatic rings. The summed E-state index contributed by atoms with van der Waals surface area (Å²) in [6.07, 6.45) is 6.83. The predicted molar refractivity (Wildman–Crippen MR) is 228 cm³/mol. The third-order valence-corrected chi connectivity index (χ3v) is 12.2. The van der Waals surface area contributed by atoms with E-state index in [0.29, 0.717) is 0 Å². The molecule has 6 aromatic carbocycles. The van der Waals surface area contributed by atoms with Crippen LogP contribution in [0, 0.1) is 0 Å². The molecule has 0 atom stereocenters. The average molecular weight is 710 g/mol. The van der Waals surface area contributed by atoms with Gasteiger partial charge in [-0.2, -0.15) is 0 Å². The van der Waals surface area contributed by atoms with Crippen LogP contribution in [0.1, 0.15) is 57.2 Å². The number of aromatic nitrogens is 2. The Morgan fingerprint density at radius 1 is 0.491 bits per heavy atom. The second kappa shape index (κ2) is 12.6. The molecule has 55 heavy (non-hydrogen) atoms. The van der Waals surface area contributed by atoms with Crippen molar-refractivity contribution in [3.8, 4) is 56.2 Å². The number of anilines is 2.